The average molecular weight is 366 g/mol. The molecule has 0 aromatic carbocycles. The summed E-state index contributed by atoms with van der Waals surface area (Å²) in [6, 6.07) is 4.03. The van der Waals surface area contributed by atoms with Crippen molar-refractivity contribution >= 4 is 28.0 Å². The minimum absolute atomic E-state index is 0.0333. The van der Waals surface area contributed by atoms with Gasteiger partial charge in [0.05, 0.1) is 29.5 Å². The van der Waals surface area contributed by atoms with Gasteiger partial charge in [-0.15, -0.1) is 0 Å². The number of nitrogens with zero attached hydrogens (tertiary/aromatic N) is 4. The fourth-order valence-electron chi connectivity index (χ4n) is 2.69. The summed E-state index contributed by atoms with van der Waals surface area (Å²) in [7, 11) is -2.87. The summed E-state index contributed by atoms with van der Waals surface area (Å²) in [5.41, 5.74) is 5.71. The molecule has 1 fully saturated rings. The maximum Gasteiger partial charge on any atom is 0.254 e. The molecule has 3 rings (SSSR count). The van der Waals surface area contributed by atoms with Crippen molar-refractivity contribution in [2.45, 2.75) is 6.04 Å². The molecule has 11 heteroatoms. The second kappa shape index (κ2) is 6.32. The number of pyridine rings is 1. The molecule has 2 aromatic heterocycles. The van der Waals surface area contributed by atoms with E-state index in [0.29, 0.717) is 5.69 Å². The lowest BCUT2D eigenvalue weighted by atomic mass is 10.1. The van der Waals surface area contributed by atoms with Crippen LogP contribution in [0.1, 0.15) is 16.4 Å². The van der Waals surface area contributed by atoms with Gasteiger partial charge in [0.2, 0.25) is 5.95 Å². The fourth-order valence-corrected chi connectivity index (χ4v) is 4.63. The first-order valence-corrected chi connectivity index (χ1v) is 9.08. The summed E-state index contributed by atoms with van der Waals surface area (Å²) in [4.78, 5) is 15.1. The lowest BCUT2D eigenvalue weighted by molar-refractivity contribution is 0.100. The first kappa shape index (κ1) is 17.2. The Morgan fingerprint density at radius 3 is 2.92 bits per heavy atom. The maximum atomic E-state index is 13.2. The van der Waals surface area contributed by atoms with Gasteiger partial charge in [0.25, 0.3) is 5.91 Å². The number of primary amides is 1. The Bertz CT molecular complexity index is 864. The van der Waals surface area contributed by atoms with E-state index in [4.69, 9.17) is 5.73 Å². The Labute approximate surface area is 143 Å². The number of carbonyl (C=O) groups is 1. The first-order chi connectivity index (χ1) is 11.8. The molecule has 0 bridgehead atoms. The Morgan fingerprint density at radius 1 is 1.52 bits per heavy atom. The highest BCUT2D eigenvalue weighted by atomic mass is 32.3. The molecule has 0 spiro atoms. The third-order valence-electron chi connectivity index (χ3n) is 3.84. The van der Waals surface area contributed by atoms with Crippen LogP contribution in [0.3, 0.4) is 0 Å². The molecule has 1 saturated heterocycles. The minimum atomic E-state index is -2.87. The van der Waals surface area contributed by atoms with Crippen LogP contribution in [0, 0.1) is 23.2 Å². The van der Waals surface area contributed by atoms with E-state index in [1.54, 1.807) is 0 Å². The average Bonchev–Trinajstić information content (AvgIpc) is 3.07. The summed E-state index contributed by atoms with van der Waals surface area (Å²) < 4.78 is 34.3. The zero-order chi connectivity index (χ0) is 18.2. The molecule has 0 unspecified atom stereocenters. The number of carbonyl (C=O) groups excluding carboxylic acids is 1. The molecule has 2 atom stereocenters. The Hall–Kier alpha value is -2.68. The van der Waals surface area contributed by atoms with E-state index >= 15 is 0 Å². The Balaban J connectivity index is 1.95. The molecule has 1 aliphatic rings. The number of hydrogen-bond acceptors (Lipinski definition) is 7. The lowest BCUT2D eigenvalue weighted by Gasteiger charge is -2.25. The van der Waals surface area contributed by atoms with Gasteiger partial charge in [-0.25, -0.2) is 4.98 Å². The summed E-state index contributed by atoms with van der Waals surface area (Å²) >= 11 is 0. The van der Waals surface area contributed by atoms with Crippen molar-refractivity contribution in [3.05, 3.63) is 36.0 Å². The molecule has 5 N–H and O–H groups in total. The smallest absolute Gasteiger partial charge is 0.254 e. The molecule has 0 radical (unpaired) electrons. The van der Waals surface area contributed by atoms with E-state index in [-0.39, 0.29) is 22.9 Å². The molecule has 0 saturated carbocycles. The van der Waals surface area contributed by atoms with Crippen molar-refractivity contribution in [3.8, 4) is 6.07 Å². The van der Waals surface area contributed by atoms with Gasteiger partial charge >= 0.3 is 0 Å². The standard InChI is InChI=1S/C14H15FN6O3S/c15-12-3-9(1-2-18-12)19-14-10(13(17)22)5-21(20-14)11-7-25(23,24)6-8(11)4-16/h1-3,5,8,11,23-24H,6-7H2,(H2,17,22)(H,18,19,20)/t8-,11+/m0/s1. The van der Waals surface area contributed by atoms with E-state index in [0.717, 1.165) is 6.07 Å². The quantitative estimate of drug-likeness (QED) is 0.601. The van der Waals surface area contributed by atoms with Crippen molar-refractivity contribution < 1.29 is 18.3 Å². The molecule has 0 aliphatic carbocycles. The van der Waals surface area contributed by atoms with Crippen LogP contribution in [-0.2, 0) is 0 Å². The zero-order valence-corrected chi connectivity index (χ0v) is 13.6. The number of nitrogens with two attached hydrogens (primary N) is 1. The number of rotatable bonds is 4. The second-order valence-electron chi connectivity index (χ2n) is 5.67. The van der Waals surface area contributed by atoms with Crippen LogP contribution >= 0.6 is 10.6 Å². The van der Waals surface area contributed by atoms with Crippen molar-refractivity contribution in [3.63, 3.8) is 0 Å². The van der Waals surface area contributed by atoms with Crippen LogP contribution in [0.15, 0.2) is 24.5 Å². The van der Waals surface area contributed by atoms with E-state index in [2.05, 4.69) is 15.4 Å². The first-order valence-electron chi connectivity index (χ1n) is 7.20. The van der Waals surface area contributed by atoms with E-state index in [1.165, 1.54) is 23.1 Å². The van der Waals surface area contributed by atoms with Gasteiger partial charge in [-0.3, -0.25) is 18.6 Å². The minimum Gasteiger partial charge on any atom is -0.365 e. The summed E-state index contributed by atoms with van der Waals surface area (Å²) in [5.74, 6) is -2.12. The Morgan fingerprint density at radius 2 is 2.28 bits per heavy atom. The van der Waals surface area contributed by atoms with Crippen molar-refractivity contribution in [2.75, 3.05) is 16.8 Å². The third kappa shape index (κ3) is 3.55. The zero-order valence-electron chi connectivity index (χ0n) is 12.8. The number of nitriles is 1. The van der Waals surface area contributed by atoms with Gasteiger partial charge in [-0.05, 0) is 6.07 Å². The molecular formula is C14H15FN6O3S. The highest BCUT2D eigenvalue weighted by Crippen LogP contribution is 2.52. The monoisotopic (exact) mass is 366 g/mol. The van der Waals surface area contributed by atoms with E-state index in [1.807, 2.05) is 6.07 Å². The topological polar surface area (TPSA) is 150 Å². The van der Waals surface area contributed by atoms with E-state index in [9.17, 15) is 23.6 Å². The summed E-state index contributed by atoms with van der Waals surface area (Å²) in [6.07, 6.45) is 2.59. The van der Waals surface area contributed by atoms with Crippen molar-refractivity contribution in [1.82, 2.24) is 14.8 Å². The predicted molar refractivity (Wildman–Crippen MR) is 88.9 cm³/mol. The number of aromatic nitrogens is 3. The van der Waals surface area contributed by atoms with Gasteiger partial charge in [-0.1, -0.05) is 0 Å². The molecule has 3 heterocycles. The van der Waals surface area contributed by atoms with Gasteiger partial charge in [0.15, 0.2) is 5.82 Å². The third-order valence-corrected chi connectivity index (χ3v) is 5.61. The van der Waals surface area contributed by atoms with Crippen LogP contribution in [0.4, 0.5) is 15.9 Å². The van der Waals surface area contributed by atoms with Crippen molar-refractivity contribution in [1.29, 1.82) is 5.26 Å². The Kier molecular flexibility index (Phi) is 4.34. The normalized spacial score (nSPS) is 23.0. The SMILES string of the molecule is N#C[C@H]1CS(O)(O)C[C@H]1n1cc(C(N)=O)c(Nc2ccnc(F)c2)n1. The van der Waals surface area contributed by atoms with E-state index < -0.39 is 34.4 Å². The lowest BCUT2D eigenvalue weighted by Crippen LogP contribution is -2.17. The number of hydrogen-bond donors (Lipinski definition) is 4. The van der Waals surface area contributed by atoms with Crippen LogP contribution in [-0.4, -0.2) is 41.3 Å². The van der Waals surface area contributed by atoms with Gasteiger partial charge < -0.3 is 11.1 Å². The summed E-state index contributed by atoms with van der Waals surface area (Å²) in [6.45, 7) is 0. The summed E-state index contributed by atoms with van der Waals surface area (Å²) in [5, 5.41) is 16.2. The van der Waals surface area contributed by atoms with Crippen molar-refractivity contribution in [2.24, 2.45) is 11.7 Å². The van der Waals surface area contributed by atoms with Gasteiger partial charge in [0.1, 0.15) is 5.56 Å². The predicted octanol–water partition coefficient (Wildman–Crippen LogP) is 1.70. The van der Waals surface area contributed by atoms with Gasteiger partial charge in [-0.2, -0.15) is 25.3 Å². The van der Waals surface area contributed by atoms with Crippen LogP contribution in [0.25, 0.3) is 0 Å². The number of nitrogens with one attached hydrogen (secondary N) is 1. The van der Waals surface area contributed by atoms with Crippen LogP contribution in [0.2, 0.25) is 0 Å². The molecule has 1 aliphatic heterocycles. The second-order valence-corrected chi connectivity index (χ2v) is 7.94. The van der Waals surface area contributed by atoms with Crippen LogP contribution < -0.4 is 11.1 Å². The van der Waals surface area contributed by atoms with Gasteiger partial charge in [0, 0.05) is 24.1 Å². The number of anilines is 2. The number of amides is 1. The van der Waals surface area contributed by atoms with Crippen LogP contribution in [0.5, 0.6) is 0 Å². The number of halogens is 1. The molecule has 132 valence electrons. The largest absolute Gasteiger partial charge is 0.365 e. The highest BCUT2D eigenvalue weighted by Gasteiger charge is 2.40. The molecule has 2 aromatic rings. The molecule has 9 nitrogen and oxygen atoms in total. The molecule has 1 amide bonds. The maximum absolute atomic E-state index is 13.2. The fraction of sp³-hybridized carbons (Fsp3) is 0.286. The molecular weight excluding hydrogens is 351 g/mol. The highest BCUT2D eigenvalue weighted by molar-refractivity contribution is 8.24. The molecule has 25 heavy (non-hydrogen) atoms.